The van der Waals surface area contributed by atoms with Crippen LogP contribution in [0.4, 0.5) is 5.69 Å². The Kier molecular flexibility index (Phi) is 6.30. The van der Waals surface area contributed by atoms with Crippen molar-refractivity contribution in [3.8, 4) is 0 Å². The van der Waals surface area contributed by atoms with Crippen LogP contribution < -0.4 is 10.0 Å². The van der Waals surface area contributed by atoms with E-state index >= 15 is 0 Å². The normalized spacial score (nSPS) is 11.3. The van der Waals surface area contributed by atoms with E-state index in [0.717, 1.165) is 11.1 Å². The van der Waals surface area contributed by atoms with E-state index in [1.807, 2.05) is 32.0 Å². The fourth-order valence-electron chi connectivity index (χ4n) is 2.19. The van der Waals surface area contributed by atoms with Gasteiger partial charge in [-0.25, -0.2) is 13.1 Å². The minimum atomic E-state index is -3.68. The van der Waals surface area contributed by atoms with E-state index in [1.165, 1.54) is 19.2 Å². The summed E-state index contributed by atoms with van der Waals surface area (Å²) in [4.78, 5) is 12.4. The second kappa shape index (κ2) is 8.24. The lowest BCUT2D eigenvalue weighted by Crippen LogP contribution is -2.27. The molecule has 0 radical (unpaired) electrons. The van der Waals surface area contributed by atoms with Crippen molar-refractivity contribution in [2.24, 2.45) is 0 Å². The summed E-state index contributed by atoms with van der Waals surface area (Å²) in [6.45, 7) is 4.39. The summed E-state index contributed by atoms with van der Waals surface area (Å²) >= 11 is 0. The van der Waals surface area contributed by atoms with Crippen molar-refractivity contribution in [1.29, 1.82) is 0 Å². The molecule has 2 aromatic rings. The van der Waals surface area contributed by atoms with Gasteiger partial charge in [0.1, 0.15) is 0 Å². The third-order valence-electron chi connectivity index (χ3n) is 3.77. The van der Waals surface area contributed by atoms with Crippen molar-refractivity contribution in [2.45, 2.75) is 18.7 Å². The highest BCUT2D eigenvalue weighted by atomic mass is 32.2. The van der Waals surface area contributed by atoms with Gasteiger partial charge in [-0.3, -0.25) is 4.79 Å². The molecular formula is C18H22N2O4S. The van der Waals surface area contributed by atoms with Crippen LogP contribution in [0, 0.1) is 13.8 Å². The zero-order valence-corrected chi connectivity index (χ0v) is 15.3. The Morgan fingerprint density at radius 2 is 1.84 bits per heavy atom. The van der Waals surface area contributed by atoms with E-state index in [-0.39, 0.29) is 29.5 Å². The zero-order valence-electron chi connectivity index (χ0n) is 14.5. The molecule has 0 saturated heterocycles. The predicted molar refractivity (Wildman–Crippen MR) is 97.4 cm³/mol. The zero-order chi connectivity index (χ0) is 18.4. The van der Waals surface area contributed by atoms with Crippen LogP contribution in [0.1, 0.15) is 21.5 Å². The molecular weight excluding hydrogens is 340 g/mol. The van der Waals surface area contributed by atoms with Crippen LogP contribution in [0.5, 0.6) is 0 Å². The highest BCUT2D eigenvalue weighted by Gasteiger charge is 2.16. The highest BCUT2D eigenvalue weighted by molar-refractivity contribution is 7.89. The standard InChI is InChI=1S/C18H22N2O4S/c1-13-7-8-16(11-14(13)2)20-18(21)15-5-4-6-17(12-15)25(22,23)19-9-10-24-3/h4-8,11-12,19H,9-10H2,1-3H3,(H,20,21). The molecule has 2 N–H and O–H groups in total. The minimum Gasteiger partial charge on any atom is -0.383 e. The Labute approximate surface area is 148 Å². The predicted octanol–water partition coefficient (Wildman–Crippen LogP) is 2.48. The molecule has 0 aromatic heterocycles. The number of carbonyl (C=O) groups is 1. The number of hydrogen-bond donors (Lipinski definition) is 2. The molecule has 134 valence electrons. The summed E-state index contributed by atoms with van der Waals surface area (Å²) in [5.74, 6) is -0.364. The number of hydrogen-bond acceptors (Lipinski definition) is 4. The number of anilines is 1. The fraction of sp³-hybridized carbons (Fsp3) is 0.278. The molecule has 0 spiro atoms. The third kappa shape index (κ3) is 5.12. The monoisotopic (exact) mass is 362 g/mol. The Hall–Kier alpha value is -2.22. The maximum absolute atomic E-state index is 12.4. The summed E-state index contributed by atoms with van der Waals surface area (Å²) in [6, 6.07) is 11.5. The van der Waals surface area contributed by atoms with Crippen molar-refractivity contribution in [2.75, 3.05) is 25.6 Å². The van der Waals surface area contributed by atoms with Crippen molar-refractivity contribution in [3.63, 3.8) is 0 Å². The third-order valence-corrected chi connectivity index (χ3v) is 5.23. The van der Waals surface area contributed by atoms with E-state index < -0.39 is 10.0 Å². The molecule has 25 heavy (non-hydrogen) atoms. The number of amides is 1. The lowest BCUT2D eigenvalue weighted by atomic mass is 10.1. The lowest BCUT2D eigenvalue weighted by Gasteiger charge is -2.10. The molecule has 1 amide bonds. The van der Waals surface area contributed by atoms with Gasteiger partial charge in [0.15, 0.2) is 0 Å². The lowest BCUT2D eigenvalue weighted by molar-refractivity contribution is 0.102. The van der Waals surface area contributed by atoms with Gasteiger partial charge >= 0.3 is 0 Å². The van der Waals surface area contributed by atoms with Crippen molar-refractivity contribution >= 4 is 21.6 Å². The molecule has 0 aliphatic rings. The van der Waals surface area contributed by atoms with Crippen LogP contribution in [0.2, 0.25) is 0 Å². The molecule has 0 aliphatic carbocycles. The topological polar surface area (TPSA) is 84.5 Å². The number of methoxy groups -OCH3 is 1. The van der Waals surface area contributed by atoms with E-state index in [9.17, 15) is 13.2 Å². The number of ether oxygens (including phenoxy) is 1. The van der Waals surface area contributed by atoms with Crippen LogP contribution in [-0.2, 0) is 14.8 Å². The molecule has 0 fully saturated rings. The van der Waals surface area contributed by atoms with E-state index in [0.29, 0.717) is 5.69 Å². The summed E-state index contributed by atoms with van der Waals surface area (Å²) in [6.07, 6.45) is 0. The first-order valence-electron chi connectivity index (χ1n) is 7.81. The molecule has 7 heteroatoms. The molecule has 0 heterocycles. The molecule has 0 atom stereocenters. The van der Waals surface area contributed by atoms with Crippen LogP contribution in [0.15, 0.2) is 47.4 Å². The largest absolute Gasteiger partial charge is 0.383 e. The van der Waals surface area contributed by atoms with E-state index in [4.69, 9.17) is 4.74 Å². The molecule has 0 bridgehead atoms. The van der Waals surface area contributed by atoms with Gasteiger partial charge in [-0.1, -0.05) is 12.1 Å². The number of benzene rings is 2. The van der Waals surface area contributed by atoms with Gasteiger partial charge in [0.25, 0.3) is 5.91 Å². The summed E-state index contributed by atoms with van der Waals surface area (Å²) in [5.41, 5.74) is 3.14. The first kappa shape index (κ1) is 19.1. The van der Waals surface area contributed by atoms with Gasteiger partial charge in [-0.2, -0.15) is 0 Å². The smallest absolute Gasteiger partial charge is 0.255 e. The van der Waals surface area contributed by atoms with Gasteiger partial charge in [-0.05, 0) is 55.3 Å². The molecule has 0 unspecified atom stereocenters. The number of aryl methyl sites for hydroxylation is 2. The maximum Gasteiger partial charge on any atom is 0.255 e. The van der Waals surface area contributed by atoms with Crippen molar-refractivity contribution < 1.29 is 17.9 Å². The van der Waals surface area contributed by atoms with Crippen LogP contribution in [0.3, 0.4) is 0 Å². The van der Waals surface area contributed by atoms with Crippen LogP contribution in [-0.4, -0.2) is 34.6 Å². The number of rotatable bonds is 7. The quantitative estimate of drug-likeness (QED) is 0.741. The fourth-order valence-corrected chi connectivity index (χ4v) is 3.25. The Bertz CT molecular complexity index is 863. The Morgan fingerprint density at radius 1 is 1.08 bits per heavy atom. The summed E-state index contributed by atoms with van der Waals surface area (Å²) in [5, 5.41) is 2.78. The van der Waals surface area contributed by atoms with Gasteiger partial charge in [-0.15, -0.1) is 0 Å². The Balaban J connectivity index is 2.17. The maximum atomic E-state index is 12.4. The number of carbonyl (C=O) groups excluding carboxylic acids is 1. The van der Waals surface area contributed by atoms with Gasteiger partial charge in [0, 0.05) is 24.9 Å². The van der Waals surface area contributed by atoms with Gasteiger partial charge in [0.2, 0.25) is 10.0 Å². The first-order chi connectivity index (χ1) is 11.8. The summed E-state index contributed by atoms with van der Waals surface area (Å²) in [7, 11) is -2.19. The first-order valence-corrected chi connectivity index (χ1v) is 9.29. The van der Waals surface area contributed by atoms with Crippen LogP contribution in [0.25, 0.3) is 0 Å². The molecule has 6 nitrogen and oxygen atoms in total. The van der Waals surface area contributed by atoms with Crippen molar-refractivity contribution in [1.82, 2.24) is 4.72 Å². The summed E-state index contributed by atoms with van der Waals surface area (Å²) < 4.78 is 31.7. The van der Waals surface area contributed by atoms with E-state index in [1.54, 1.807) is 12.1 Å². The molecule has 2 rings (SSSR count). The molecule has 0 aliphatic heterocycles. The second-order valence-electron chi connectivity index (χ2n) is 5.67. The van der Waals surface area contributed by atoms with Gasteiger partial charge in [0.05, 0.1) is 11.5 Å². The number of nitrogens with one attached hydrogen (secondary N) is 2. The van der Waals surface area contributed by atoms with Gasteiger partial charge < -0.3 is 10.1 Å². The Morgan fingerprint density at radius 3 is 2.52 bits per heavy atom. The number of sulfonamides is 1. The molecule has 2 aromatic carbocycles. The minimum absolute atomic E-state index is 0.0383. The van der Waals surface area contributed by atoms with Crippen LogP contribution >= 0.6 is 0 Å². The van der Waals surface area contributed by atoms with E-state index in [2.05, 4.69) is 10.0 Å². The average Bonchev–Trinajstić information content (AvgIpc) is 2.58. The second-order valence-corrected chi connectivity index (χ2v) is 7.44. The SMILES string of the molecule is COCCNS(=O)(=O)c1cccc(C(=O)Nc2ccc(C)c(C)c2)c1. The van der Waals surface area contributed by atoms with Crippen molar-refractivity contribution in [3.05, 3.63) is 59.2 Å². The molecule has 0 saturated carbocycles. The average molecular weight is 362 g/mol. The highest BCUT2D eigenvalue weighted by Crippen LogP contribution is 2.17.